The van der Waals surface area contributed by atoms with Crippen molar-refractivity contribution in [1.29, 1.82) is 0 Å². The third kappa shape index (κ3) is 10.4. The van der Waals surface area contributed by atoms with Crippen molar-refractivity contribution in [2.75, 3.05) is 39.5 Å². The number of urea groups is 1. The van der Waals surface area contributed by atoms with E-state index in [1.54, 1.807) is 4.90 Å². The average Bonchev–Trinajstić information content (AvgIpc) is 3.16. The molecule has 1 aliphatic rings. The van der Waals surface area contributed by atoms with Crippen LogP contribution in [0.3, 0.4) is 0 Å². The van der Waals surface area contributed by atoms with Crippen LogP contribution in [0.1, 0.15) is 125 Å². The molecule has 1 aliphatic heterocycles. The van der Waals surface area contributed by atoms with Crippen LogP contribution in [-0.2, 0) is 9.53 Å². The maximum Gasteiger partial charge on any atom is 0.327 e. The van der Waals surface area contributed by atoms with Gasteiger partial charge in [-0.2, -0.15) is 0 Å². The molecule has 6 heteroatoms. The highest BCUT2D eigenvalue weighted by atomic mass is 16.5. The normalized spacial score (nSPS) is 15.0. The fourth-order valence-corrected chi connectivity index (χ4v) is 5.80. The number of amides is 3. The summed E-state index contributed by atoms with van der Waals surface area (Å²) < 4.78 is 5.95. The van der Waals surface area contributed by atoms with Crippen molar-refractivity contribution < 1.29 is 19.4 Å². The summed E-state index contributed by atoms with van der Waals surface area (Å²) >= 11 is 0. The van der Waals surface area contributed by atoms with E-state index in [1.807, 2.05) is 6.92 Å². The second kappa shape index (κ2) is 17.3. The summed E-state index contributed by atoms with van der Waals surface area (Å²) in [5.74, 6) is -0.0483. The molecular weight excluding hydrogens is 440 g/mol. The van der Waals surface area contributed by atoms with E-state index in [9.17, 15) is 14.7 Å². The highest BCUT2D eigenvalue weighted by Crippen LogP contribution is 2.38. The van der Waals surface area contributed by atoms with Crippen LogP contribution < -0.4 is 0 Å². The Kier molecular flexibility index (Phi) is 15.8. The van der Waals surface area contributed by atoms with E-state index in [2.05, 4.69) is 27.7 Å². The minimum atomic E-state index is -0.117. The molecule has 3 amide bonds. The molecule has 0 unspecified atom stereocenters. The first-order valence-corrected chi connectivity index (χ1v) is 14.6. The zero-order valence-electron chi connectivity index (χ0n) is 23.7. The third-order valence-electron chi connectivity index (χ3n) is 8.96. The molecule has 0 atom stereocenters. The number of aliphatic hydroxyl groups is 1. The summed E-state index contributed by atoms with van der Waals surface area (Å²) in [7, 11) is 0. The lowest BCUT2D eigenvalue weighted by atomic mass is 9.74. The molecule has 206 valence electrons. The molecule has 1 N–H and O–H groups in total. The summed E-state index contributed by atoms with van der Waals surface area (Å²) in [6, 6.07) is -0.117. The minimum Gasteiger partial charge on any atom is -0.396 e. The van der Waals surface area contributed by atoms with Crippen LogP contribution in [0.4, 0.5) is 4.79 Å². The van der Waals surface area contributed by atoms with Gasteiger partial charge in [0, 0.05) is 32.9 Å². The Balaban J connectivity index is 2.24. The highest BCUT2D eigenvalue weighted by Gasteiger charge is 2.35. The SMILES string of the molecule is CCN1CC(=O)N(CCCC(CC)(CC)CCCCOCCCCC(CC)(CC)CCCO)C1=O. The molecule has 0 aromatic heterocycles. The van der Waals surface area contributed by atoms with Crippen LogP contribution in [0, 0.1) is 10.8 Å². The zero-order valence-corrected chi connectivity index (χ0v) is 23.7. The predicted molar refractivity (Wildman–Crippen MR) is 144 cm³/mol. The van der Waals surface area contributed by atoms with Crippen molar-refractivity contribution in [1.82, 2.24) is 9.80 Å². The van der Waals surface area contributed by atoms with Crippen molar-refractivity contribution in [3.8, 4) is 0 Å². The van der Waals surface area contributed by atoms with Crippen LogP contribution in [0.15, 0.2) is 0 Å². The maximum absolute atomic E-state index is 12.3. The highest BCUT2D eigenvalue weighted by molar-refractivity contribution is 6.01. The van der Waals surface area contributed by atoms with Gasteiger partial charge >= 0.3 is 6.03 Å². The number of rotatable bonds is 22. The molecule has 1 heterocycles. The second-order valence-electron chi connectivity index (χ2n) is 10.7. The fourth-order valence-electron chi connectivity index (χ4n) is 5.80. The van der Waals surface area contributed by atoms with Crippen LogP contribution >= 0.6 is 0 Å². The lowest BCUT2D eigenvalue weighted by Gasteiger charge is -2.32. The minimum absolute atomic E-state index is 0.0483. The standard InChI is InChI=1S/C29H56N2O4/c1-6-28(7-2,19-15-21-31-26(33)25-30(10-5)27(31)34)17-11-13-23-35-24-14-12-18-29(8-3,9-4)20-16-22-32/h32H,6-25H2,1-5H3. The zero-order chi connectivity index (χ0) is 26.2. The number of aliphatic hydroxyl groups excluding tert-OH is 1. The van der Waals surface area contributed by atoms with Crippen molar-refractivity contribution in [3.05, 3.63) is 0 Å². The van der Waals surface area contributed by atoms with E-state index in [1.165, 1.54) is 43.4 Å². The van der Waals surface area contributed by atoms with E-state index < -0.39 is 0 Å². The lowest BCUT2D eigenvalue weighted by molar-refractivity contribution is -0.125. The largest absolute Gasteiger partial charge is 0.396 e. The van der Waals surface area contributed by atoms with E-state index >= 15 is 0 Å². The van der Waals surface area contributed by atoms with Gasteiger partial charge < -0.3 is 14.7 Å². The van der Waals surface area contributed by atoms with Crippen molar-refractivity contribution in [2.24, 2.45) is 10.8 Å². The third-order valence-corrected chi connectivity index (χ3v) is 8.96. The summed E-state index contributed by atoms with van der Waals surface area (Å²) in [5.41, 5.74) is 0.700. The number of hydrogen-bond donors (Lipinski definition) is 1. The van der Waals surface area contributed by atoms with Gasteiger partial charge in [-0.1, -0.05) is 66.2 Å². The summed E-state index contributed by atoms with van der Waals surface area (Å²) in [4.78, 5) is 27.5. The number of nitrogens with zero attached hydrogens (tertiary/aromatic N) is 2. The number of carbonyl (C=O) groups excluding carboxylic acids is 2. The first-order valence-electron chi connectivity index (χ1n) is 14.6. The molecule has 35 heavy (non-hydrogen) atoms. The van der Waals surface area contributed by atoms with Gasteiger partial charge in [0.05, 0.1) is 0 Å². The Hall–Kier alpha value is -1.14. The number of hydrogen-bond acceptors (Lipinski definition) is 4. The molecule has 1 rings (SSSR count). The Labute approximate surface area is 216 Å². The topological polar surface area (TPSA) is 70.1 Å². The summed E-state index contributed by atoms with van der Waals surface area (Å²) in [6.45, 7) is 14.4. The molecule has 1 fully saturated rings. The first-order chi connectivity index (χ1) is 16.9. The summed E-state index contributed by atoms with van der Waals surface area (Å²) in [5, 5.41) is 9.19. The smallest absolute Gasteiger partial charge is 0.327 e. The van der Waals surface area contributed by atoms with E-state index in [0.29, 0.717) is 30.5 Å². The maximum atomic E-state index is 12.3. The van der Waals surface area contributed by atoms with Gasteiger partial charge in [-0.15, -0.1) is 0 Å². The predicted octanol–water partition coefficient (Wildman–Crippen LogP) is 6.79. The number of imide groups is 1. The number of ether oxygens (including phenoxy) is 1. The van der Waals surface area contributed by atoms with Gasteiger partial charge in [-0.25, -0.2) is 4.79 Å². The summed E-state index contributed by atoms with van der Waals surface area (Å²) in [6.07, 6.45) is 15.7. The van der Waals surface area contributed by atoms with Crippen LogP contribution in [0.5, 0.6) is 0 Å². The van der Waals surface area contributed by atoms with Crippen molar-refractivity contribution in [2.45, 2.75) is 125 Å². The average molecular weight is 497 g/mol. The van der Waals surface area contributed by atoms with E-state index in [-0.39, 0.29) is 18.5 Å². The van der Waals surface area contributed by atoms with Crippen molar-refractivity contribution >= 4 is 11.9 Å². The Morgan fingerprint density at radius 1 is 0.743 bits per heavy atom. The Bertz CT molecular complexity index is 587. The molecule has 0 radical (unpaired) electrons. The first kappa shape index (κ1) is 31.9. The molecule has 0 saturated carbocycles. The van der Waals surface area contributed by atoms with Gasteiger partial charge in [0.25, 0.3) is 0 Å². The van der Waals surface area contributed by atoms with E-state index in [4.69, 9.17) is 4.74 Å². The number of unbranched alkanes of at least 4 members (excludes halogenated alkanes) is 2. The van der Waals surface area contributed by atoms with Gasteiger partial charge in [0.2, 0.25) is 5.91 Å². The molecule has 1 saturated heterocycles. The molecule has 6 nitrogen and oxygen atoms in total. The quantitative estimate of drug-likeness (QED) is 0.132. The second-order valence-corrected chi connectivity index (χ2v) is 10.7. The van der Waals surface area contributed by atoms with Gasteiger partial charge in [-0.05, 0) is 69.1 Å². The molecule has 0 spiro atoms. The van der Waals surface area contributed by atoms with Gasteiger partial charge in [0.1, 0.15) is 6.54 Å². The van der Waals surface area contributed by atoms with Crippen molar-refractivity contribution in [3.63, 3.8) is 0 Å². The molecule has 0 aromatic carbocycles. The molecule has 0 aromatic rings. The molecule has 0 bridgehead atoms. The van der Waals surface area contributed by atoms with Crippen LogP contribution in [0.2, 0.25) is 0 Å². The van der Waals surface area contributed by atoms with E-state index in [0.717, 1.165) is 64.6 Å². The fraction of sp³-hybridized carbons (Fsp3) is 0.931. The molecule has 0 aliphatic carbocycles. The monoisotopic (exact) mass is 496 g/mol. The van der Waals surface area contributed by atoms with Crippen LogP contribution in [-0.4, -0.2) is 66.3 Å². The Morgan fingerprint density at radius 2 is 1.23 bits per heavy atom. The molecular formula is C29H56N2O4. The van der Waals surface area contributed by atoms with Gasteiger partial charge in [-0.3, -0.25) is 9.69 Å². The Morgan fingerprint density at radius 3 is 1.66 bits per heavy atom. The number of likely N-dealkylation sites (N-methyl/N-ethyl adjacent to an activating group) is 1. The van der Waals surface area contributed by atoms with Crippen LogP contribution in [0.25, 0.3) is 0 Å². The number of carbonyl (C=O) groups is 2. The van der Waals surface area contributed by atoms with Gasteiger partial charge in [0.15, 0.2) is 0 Å². The lowest BCUT2D eigenvalue weighted by Crippen LogP contribution is -2.34.